The third-order valence-electron chi connectivity index (χ3n) is 6.11. The van der Waals surface area contributed by atoms with Gasteiger partial charge in [-0.2, -0.15) is 5.10 Å². The van der Waals surface area contributed by atoms with Crippen LogP contribution in [0.3, 0.4) is 0 Å². The first kappa shape index (κ1) is 19.9. The Kier molecular flexibility index (Phi) is 6.52. The molecule has 0 spiro atoms. The van der Waals surface area contributed by atoms with Crippen LogP contribution in [0, 0.1) is 19.8 Å². The Morgan fingerprint density at radius 1 is 1.11 bits per heavy atom. The van der Waals surface area contributed by atoms with Gasteiger partial charge in [-0.15, -0.1) is 0 Å². The summed E-state index contributed by atoms with van der Waals surface area (Å²) in [7, 11) is 1.88. The van der Waals surface area contributed by atoms with Crippen LogP contribution in [0.2, 0.25) is 0 Å². The van der Waals surface area contributed by atoms with Gasteiger partial charge in [0.1, 0.15) is 0 Å². The first-order valence-corrected chi connectivity index (χ1v) is 10.2. The minimum absolute atomic E-state index is 0.0183. The predicted molar refractivity (Wildman–Crippen MR) is 106 cm³/mol. The Bertz CT molecular complexity index is 670. The molecular formula is C20H33N5O2. The van der Waals surface area contributed by atoms with E-state index in [0.29, 0.717) is 13.0 Å². The average molecular weight is 376 g/mol. The maximum absolute atomic E-state index is 12.4. The number of anilines is 1. The first-order chi connectivity index (χ1) is 12.9. The van der Waals surface area contributed by atoms with E-state index in [1.54, 1.807) is 4.68 Å². The van der Waals surface area contributed by atoms with Crippen LogP contribution in [0.15, 0.2) is 0 Å². The lowest BCUT2D eigenvalue weighted by atomic mass is 10.0. The summed E-state index contributed by atoms with van der Waals surface area (Å²) >= 11 is 0. The monoisotopic (exact) mass is 375 g/mol. The van der Waals surface area contributed by atoms with E-state index in [1.807, 2.05) is 25.8 Å². The lowest BCUT2D eigenvalue weighted by Gasteiger charge is -2.34. The average Bonchev–Trinajstić information content (AvgIpc) is 3.24. The number of aryl methyl sites for hydroxylation is 2. The molecule has 0 aromatic carbocycles. The third-order valence-corrected chi connectivity index (χ3v) is 6.11. The molecule has 150 valence electrons. The summed E-state index contributed by atoms with van der Waals surface area (Å²) in [5.74, 6) is 1.03. The molecule has 1 N–H and O–H groups in total. The molecule has 1 saturated heterocycles. The molecule has 1 aromatic rings. The second kappa shape index (κ2) is 8.87. The van der Waals surface area contributed by atoms with E-state index in [2.05, 4.69) is 15.3 Å². The Morgan fingerprint density at radius 2 is 1.78 bits per heavy atom. The number of hydrogen-bond donors (Lipinski definition) is 1. The molecule has 0 radical (unpaired) electrons. The van der Waals surface area contributed by atoms with E-state index < -0.39 is 0 Å². The molecule has 1 aromatic heterocycles. The van der Waals surface area contributed by atoms with E-state index in [4.69, 9.17) is 0 Å². The predicted octanol–water partition coefficient (Wildman–Crippen LogP) is 2.09. The molecule has 2 amide bonds. The van der Waals surface area contributed by atoms with E-state index in [1.165, 1.54) is 25.7 Å². The maximum Gasteiger partial charge on any atom is 0.238 e. The fourth-order valence-electron chi connectivity index (χ4n) is 4.28. The van der Waals surface area contributed by atoms with E-state index in [0.717, 1.165) is 55.6 Å². The van der Waals surface area contributed by atoms with Crippen molar-refractivity contribution in [2.24, 2.45) is 13.0 Å². The summed E-state index contributed by atoms with van der Waals surface area (Å²) in [6.45, 7) is 7.17. The van der Waals surface area contributed by atoms with Gasteiger partial charge in [0.05, 0.1) is 23.6 Å². The summed E-state index contributed by atoms with van der Waals surface area (Å²) in [6, 6.07) is 0. The summed E-state index contributed by atoms with van der Waals surface area (Å²) in [4.78, 5) is 28.9. The van der Waals surface area contributed by atoms with Crippen molar-refractivity contribution in [3.63, 3.8) is 0 Å². The molecule has 0 bridgehead atoms. The second-order valence-corrected chi connectivity index (χ2v) is 8.06. The van der Waals surface area contributed by atoms with Gasteiger partial charge in [0.2, 0.25) is 11.8 Å². The zero-order valence-electron chi connectivity index (χ0n) is 17.0. The molecule has 2 aliphatic rings. The molecule has 0 unspecified atom stereocenters. The summed E-state index contributed by atoms with van der Waals surface area (Å²) in [5, 5.41) is 7.32. The molecule has 2 heterocycles. The number of amides is 2. The third kappa shape index (κ3) is 5.09. The van der Waals surface area contributed by atoms with Crippen molar-refractivity contribution >= 4 is 17.5 Å². The van der Waals surface area contributed by atoms with Crippen LogP contribution in [0.1, 0.15) is 49.9 Å². The van der Waals surface area contributed by atoms with Gasteiger partial charge in [0.15, 0.2) is 0 Å². The molecule has 3 rings (SSSR count). The van der Waals surface area contributed by atoms with Crippen LogP contribution >= 0.6 is 0 Å². The first-order valence-electron chi connectivity index (χ1n) is 10.2. The fourth-order valence-corrected chi connectivity index (χ4v) is 4.28. The molecule has 7 heteroatoms. The minimum Gasteiger partial charge on any atom is -0.340 e. The number of nitrogens with zero attached hydrogens (tertiary/aromatic N) is 4. The van der Waals surface area contributed by atoms with Crippen LogP contribution in [0.25, 0.3) is 0 Å². The fraction of sp³-hybridized carbons (Fsp3) is 0.750. The summed E-state index contributed by atoms with van der Waals surface area (Å²) < 4.78 is 1.78. The smallest absolute Gasteiger partial charge is 0.238 e. The molecule has 0 atom stereocenters. The van der Waals surface area contributed by atoms with Crippen molar-refractivity contribution in [3.8, 4) is 0 Å². The van der Waals surface area contributed by atoms with E-state index >= 15 is 0 Å². The second-order valence-electron chi connectivity index (χ2n) is 8.06. The number of nitrogens with one attached hydrogen (secondary N) is 1. The zero-order chi connectivity index (χ0) is 19.4. The van der Waals surface area contributed by atoms with Crippen molar-refractivity contribution in [3.05, 3.63) is 11.4 Å². The molecule has 1 aliphatic carbocycles. The van der Waals surface area contributed by atoms with Gasteiger partial charge >= 0.3 is 0 Å². The Labute approximate surface area is 162 Å². The van der Waals surface area contributed by atoms with Crippen molar-refractivity contribution in [2.75, 3.05) is 38.0 Å². The lowest BCUT2D eigenvalue weighted by Crippen LogP contribution is -2.50. The standard InChI is InChI=1S/C20H33N5O2/c1-15-20(16(2)23(3)22-15)21-18(26)14-24-10-12-25(13-11-24)19(27)9-8-17-6-4-5-7-17/h17H,4-14H2,1-3H3,(H,21,26). The van der Waals surface area contributed by atoms with Crippen LogP contribution in [0.5, 0.6) is 0 Å². The molecule has 27 heavy (non-hydrogen) atoms. The van der Waals surface area contributed by atoms with Gasteiger partial charge in [-0.1, -0.05) is 25.7 Å². The molecule has 2 fully saturated rings. The topological polar surface area (TPSA) is 70.5 Å². The highest BCUT2D eigenvalue weighted by Crippen LogP contribution is 2.28. The van der Waals surface area contributed by atoms with Gasteiger partial charge in [0.25, 0.3) is 0 Å². The highest BCUT2D eigenvalue weighted by atomic mass is 16.2. The van der Waals surface area contributed by atoms with Crippen molar-refractivity contribution in [1.29, 1.82) is 0 Å². The normalized spacial score (nSPS) is 18.9. The molecular weight excluding hydrogens is 342 g/mol. The van der Waals surface area contributed by atoms with Gasteiger partial charge < -0.3 is 10.2 Å². The quantitative estimate of drug-likeness (QED) is 0.827. The van der Waals surface area contributed by atoms with Crippen LogP contribution in [0.4, 0.5) is 5.69 Å². The van der Waals surface area contributed by atoms with Gasteiger partial charge in [-0.05, 0) is 26.2 Å². The number of carbonyl (C=O) groups is 2. The molecule has 7 nitrogen and oxygen atoms in total. The van der Waals surface area contributed by atoms with Crippen LogP contribution in [-0.4, -0.2) is 64.1 Å². The van der Waals surface area contributed by atoms with Crippen molar-refractivity contribution in [1.82, 2.24) is 19.6 Å². The Balaban J connectivity index is 1.39. The van der Waals surface area contributed by atoms with Crippen LogP contribution < -0.4 is 5.32 Å². The minimum atomic E-state index is -0.0183. The van der Waals surface area contributed by atoms with Crippen molar-refractivity contribution < 1.29 is 9.59 Å². The Hall–Kier alpha value is -1.89. The maximum atomic E-state index is 12.4. The number of piperazine rings is 1. The number of hydrogen-bond acceptors (Lipinski definition) is 4. The van der Waals surface area contributed by atoms with Gasteiger partial charge in [-0.25, -0.2) is 0 Å². The zero-order valence-corrected chi connectivity index (χ0v) is 17.0. The highest BCUT2D eigenvalue weighted by Gasteiger charge is 2.24. The van der Waals surface area contributed by atoms with E-state index in [9.17, 15) is 9.59 Å². The largest absolute Gasteiger partial charge is 0.340 e. The lowest BCUT2D eigenvalue weighted by molar-refractivity contribution is -0.133. The van der Waals surface area contributed by atoms with Crippen molar-refractivity contribution in [2.45, 2.75) is 52.4 Å². The summed E-state index contributed by atoms with van der Waals surface area (Å²) in [6.07, 6.45) is 6.99. The number of aromatic nitrogens is 2. The molecule has 1 aliphatic heterocycles. The molecule has 1 saturated carbocycles. The number of rotatable bonds is 6. The van der Waals surface area contributed by atoms with Gasteiger partial charge in [-0.3, -0.25) is 19.2 Å². The van der Waals surface area contributed by atoms with Gasteiger partial charge in [0, 0.05) is 39.6 Å². The van der Waals surface area contributed by atoms with Crippen LogP contribution in [-0.2, 0) is 16.6 Å². The number of carbonyl (C=O) groups excluding carboxylic acids is 2. The van der Waals surface area contributed by atoms with E-state index in [-0.39, 0.29) is 11.8 Å². The highest BCUT2D eigenvalue weighted by molar-refractivity contribution is 5.93. The SMILES string of the molecule is Cc1nn(C)c(C)c1NC(=O)CN1CCN(C(=O)CCC2CCCC2)CC1. The Morgan fingerprint density at radius 3 is 2.37 bits per heavy atom. The summed E-state index contributed by atoms with van der Waals surface area (Å²) in [5.41, 5.74) is 2.60.